The highest BCUT2D eigenvalue weighted by Crippen LogP contribution is 2.30. The first-order valence-electron chi connectivity index (χ1n) is 8.88. The van der Waals surface area contributed by atoms with E-state index in [1.807, 2.05) is 33.0 Å². The van der Waals surface area contributed by atoms with Gasteiger partial charge in [-0.25, -0.2) is 4.79 Å². The maximum absolute atomic E-state index is 12.4. The Balaban J connectivity index is 2.09. The Morgan fingerprint density at radius 2 is 1.59 bits per heavy atom. The van der Waals surface area contributed by atoms with Gasteiger partial charge in [0.15, 0.2) is 0 Å². The molecule has 0 amide bonds. The number of nitrogens with zero attached hydrogens (tertiary/aromatic N) is 1. The molecule has 1 aliphatic rings. The first kappa shape index (κ1) is 17.1. The minimum absolute atomic E-state index is 0.246. The standard InChI is InChI=1S/C19H31NO2/c1-19(2,3)22-18(21)20-15-11-14-17(20)16-12-9-7-5-4-6-8-10-13-16/h11,14-16H,4-10,12-13H2,1-3H3. The largest absolute Gasteiger partial charge is 0.443 e. The van der Waals surface area contributed by atoms with Crippen molar-refractivity contribution in [2.75, 3.05) is 0 Å². The SMILES string of the molecule is CC(C)(C)OC(=O)n1cccc1C1CCCCCCCCC1. The monoisotopic (exact) mass is 305 g/mol. The Labute approximate surface area is 135 Å². The molecule has 1 heterocycles. The molecule has 1 saturated carbocycles. The van der Waals surface area contributed by atoms with E-state index in [9.17, 15) is 4.79 Å². The average Bonchev–Trinajstić information content (AvgIpc) is 2.92. The molecule has 0 N–H and O–H groups in total. The van der Waals surface area contributed by atoms with E-state index < -0.39 is 5.60 Å². The Bertz CT molecular complexity index is 460. The van der Waals surface area contributed by atoms with Crippen LogP contribution in [0.3, 0.4) is 0 Å². The van der Waals surface area contributed by atoms with Gasteiger partial charge >= 0.3 is 6.09 Å². The van der Waals surface area contributed by atoms with Gasteiger partial charge in [-0.2, -0.15) is 0 Å². The lowest BCUT2D eigenvalue weighted by atomic mass is 9.90. The second kappa shape index (κ2) is 7.85. The topological polar surface area (TPSA) is 31.2 Å². The normalized spacial score (nSPS) is 18.9. The molecule has 0 atom stereocenters. The van der Waals surface area contributed by atoms with E-state index in [0.717, 1.165) is 5.69 Å². The van der Waals surface area contributed by atoms with Crippen molar-refractivity contribution < 1.29 is 9.53 Å². The highest BCUT2D eigenvalue weighted by Gasteiger charge is 2.22. The molecule has 1 aliphatic carbocycles. The molecule has 2 rings (SSSR count). The van der Waals surface area contributed by atoms with E-state index in [1.165, 1.54) is 57.8 Å². The van der Waals surface area contributed by atoms with E-state index in [2.05, 4.69) is 6.07 Å². The number of hydrogen-bond donors (Lipinski definition) is 0. The fourth-order valence-electron chi connectivity index (χ4n) is 3.31. The number of carbonyl (C=O) groups excluding carboxylic acids is 1. The maximum atomic E-state index is 12.4. The zero-order valence-corrected chi connectivity index (χ0v) is 14.4. The van der Waals surface area contributed by atoms with Crippen LogP contribution in [0.2, 0.25) is 0 Å². The van der Waals surface area contributed by atoms with Crippen molar-refractivity contribution in [1.29, 1.82) is 0 Å². The van der Waals surface area contributed by atoms with Crippen LogP contribution in [-0.4, -0.2) is 16.3 Å². The Hall–Kier alpha value is -1.25. The highest BCUT2D eigenvalue weighted by molar-refractivity contribution is 5.72. The molecule has 0 radical (unpaired) electrons. The van der Waals surface area contributed by atoms with Gasteiger partial charge in [0.1, 0.15) is 5.60 Å². The predicted molar refractivity (Wildman–Crippen MR) is 90.4 cm³/mol. The molecule has 1 aromatic heterocycles. The fraction of sp³-hybridized carbons (Fsp3) is 0.737. The van der Waals surface area contributed by atoms with E-state index in [-0.39, 0.29) is 6.09 Å². The zero-order chi connectivity index (χ0) is 16.0. The molecule has 1 fully saturated rings. The predicted octanol–water partition coefficient (Wildman–Crippen LogP) is 5.88. The van der Waals surface area contributed by atoms with Gasteiger partial charge in [0.05, 0.1) is 0 Å². The number of rotatable bonds is 1. The highest BCUT2D eigenvalue weighted by atomic mass is 16.6. The summed E-state index contributed by atoms with van der Waals surface area (Å²) in [6.07, 6.45) is 13.3. The first-order chi connectivity index (χ1) is 10.5. The molecule has 0 saturated heterocycles. The molecule has 0 aliphatic heterocycles. The van der Waals surface area contributed by atoms with Crippen LogP contribution in [0.15, 0.2) is 18.3 Å². The van der Waals surface area contributed by atoms with Crippen molar-refractivity contribution in [2.24, 2.45) is 0 Å². The molecule has 124 valence electrons. The summed E-state index contributed by atoms with van der Waals surface area (Å²) in [6.45, 7) is 5.74. The van der Waals surface area contributed by atoms with Gasteiger partial charge in [-0.05, 0) is 51.7 Å². The molecular formula is C19H31NO2. The smallest absolute Gasteiger partial charge is 0.418 e. The van der Waals surface area contributed by atoms with Gasteiger partial charge in [0.25, 0.3) is 0 Å². The zero-order valence-electron chi connectivity index (χ0n) is 14.4. The first-order valence-corrected chi connectivity index (χ1v) is 8.88. The molecular weight excluding hydrogens is 274 g/mol. The lowest BCUT2D eigenvalue weighted by Gasteiger charge is -2.23. The molecule has 0 unspecified atom stereocenters. The molecule has 0 spiro atoms. The Morgan fingerprint density at radius 3 is 2.14 bits per heavy atom. The summed E-state index contributed by atoms with van der Waals surface area (Å²) in [7, 11) is 0. The van der Waals surface area contributed by atoms with Gasteiger partial charge in [-0.15, -0.1) is 0 Å². The van der Waals surface area contributed by atoms with Crippen molar-refractivity contribution in [3.8, 4) is 0 Å². The Morgan fingerprint density at radius 1 is 1.05 bits per heavy atom. The van der Waals surface area contributed by atoms with Crippen molar-refractivity contribution in [1.82, 2.24) is 4.57 Å². The summed E-state index contributed by atoms with van der Waals surface area (Å²) in [6, 6.07) is 4.07. The molecule has 22 heavy (non-hydrogen) atoms. The van der Waals surface area contributed by atoms with Crippen LogP contribution >= 0.6 is 0 Å². The third-order valence-corrected chi connectivity index (χ3v) is 4.39. The molecule has 0 bridgehead atoms. The van der Waals surface area contributed by atoms with Gasteiger partial charge in [-0.1, -0.05) is 44.9 Å². The van der Waals surface area contributed by atoms with Crippen LogP contribution in [0.1, 0.15) is 90.2 Å². The van der Waals surface area contributed by atoms with Crippen LogP contribution in [0.4, 0.5) is 4.79 Å². The van der Waals surface area contributed by atoms with E-state index in [4.69, 9.17) is 4.74 Å². The van der Waals surface area contributed by atoms with Crippen LogP contribution in [0.5, 0.6) is 0 Å². The number of carbonyl (C=O) groups is 1. The van der Waals surface area contributed by atoms with Crippen LogP contribution in [0.25, 0.3) is 0 Å². The van der Waals surface area contributed by atoms with Crippen molar-refractivity contribution in [3.63, 3.8) is 0 Å². The summed E-state index contributed by atoms with van der Waals surface area (Å²) < 4.78 is 7.26. The van der Waals surface area contributed by atoms with Crippen molar-refractivity contribution >= 4 is 6.09 Å². The molecule has 3 nitrogen and oxygen atoms in total. The van der Waals surface area contributed by atoms with Crippen LogP contribution in [-0.2, 0) is 4.74 Å². The molecule has 0 aromatic carbocycles. The summed E-state index contributed by atoms with van der Waals surface area (Å²) in [4.78, 5) is 12.4. The Kier molecular flexibility index (Phi) is 6.10. The second-order valence-electron chi connectivity index (χ2n) is 7.53. The number of hydrogen-bond acceptors (Lipinski definition) is 2. The van der Waals surface area contributed by atoms with Gasteiger partial charge in [0.2, 0.25) is 0 Å². The number of ether oxygens (including phenoxy) is 1. The quantitative estimate of drug-likeness (QED) is 0.648. The second-order valence-corrected chi connectivity index (χ2v) is 7.53. The van der Waals surface area contributed by atoms with E-state index >= 15 is 0 Å². The third kappa shape index (κ3) is 5.19. The fourth-order valence-corrected chi connectivity index (χ4v) is 3.31. The number of aromatic nitrogens is 1. The third-order valence-electron chi connectivity index (χ3n) is 4.39. The minimum Gasteiger partial charge on any atom is -0.443 e. The van der Waals surface area contributed by atoms with Crippen LogP contribution in [0, 0.1) is 0 Å². The maximum Gasteiger partial charge on any atom is 0.418 e. The summed E-state index contributed by atoms with van der Waals surface area (Å²) in [5, 5.41) is 0. The van der Waals surface area contributed by atoms with Gasteiger partial charge in [-0.3, -0.25) is 4.57 Å². The van der Waals surface area contributed by atoms with Crippen molar-refractivity contribution in [3.05, 3.63) is 24.0 Å². The van der Waals surface area contributed by atoms with Crippen molar-refractivity contribution in [2.45, 2.75) is 90.1 Å². The van der Waals surface area contributed by atoms with Gasteiger partial charge < -0.3 is 4.74 Å². The van der Waals surface area contributed by atoms with Gasteiger partial charge in [0, 0.05) is 11.9 Å². The van der Waals surface area contributed by atoms with E-state index in [0.29, 0.717) is 5.92 Å². The average molecular weight is 305 g/mol. The lowest BCUT2D eigenvalue weighted by Crippen LogP contribution is -2.28. The van der Waals surface area contributed by atoms with Crippen LogP contribution < -0.4 is 0 Å². The summed E-state index contributed by atoms with van der Waals surface area (Å²) >= 11 is 0. The molecule has 1 aromatic rings. The molecule has 3 heteroatoms. The summed E-state index contributed by atoms with van der Waals surface area (Å²) in [5.74, 6) is 0.487. The summed E-state index contributed by atoms with van der Waals surface area (Å²) in [5.41, 5.74) is 0.685. The minimum atomic E-state index is -0.449. The van der Waals surface area contributed by atoms with E-state index in [1.54, 1.807) is 4.57 Å². The lowest BCUT2D eigenvalue weighted by molar-refractivity contribution is 0.0530.